The fraction of sp³-hybridized carbons (Fsp3) is 0.500. The van der Waals surface area contributed by atoms with Crippen LogP contribution >= 0.6 is 0 Å². The molecule has 0 bridgehead atoms. The van der Waals surface area contributed by atoms with Gasteiger partial charge < -0.3 is 0 Å². The molecule has 4 heteroatoms. The molecular weight excluding hydrogens is 353 g/mol. The second-order valence-corrected chi connectivity index (χ2v) is 35.8. The van der Waals surface area contributed by atoms with Gasteiger partial charge in [0.15, 0.2) is 0 Å². The number of hydrogen-bond donors (Lipinski definition) is 0. The lowest BCUT2D eigenvalue weighted by Gasteiger charge is -2.45. The van der Waals surface area contributed by atoms with Gasteiger partial charge in [0, 0.05) is 31.3 Å². The zero-order chi connectivity index (χ0) is 18.6. The topological polar surface area (TPSA) is 0 Å². The van der Waals surface area contributed by atoms with Crippen molar-refractivity contribution in [3.8, 4) is 0 Å². The molecule has 134 valence electrons. The molecule has 0 N–H and O–H groups in total. The summed E-state index contributed by atoms with van der Waals surface area (Å²) in [5.74, 6) is 0. The van der Waals surface area contributed by atoms with Crippen LogP contribution in [0.4, 0.5) is 0 Å². The van der Waals surface area contributed by atoms with E-state index in [4.69, 9.17) is 0 Å². The smallest absolute Gasteiger partial charge is 0.0378 e. The highest BCUT2D eigenvalue weighted by Gasteiger charge is 2.38. The highest BCUT2D eigenvalue weighted by molar-refractivity contribution is 7.50. The lowest BCUT2D eigenvalue weighted by atomic mass is 10.7. The number of rotatable bonds is 5. The highest BCUT2D eigenvalue weighted by Crippen LogP contribution is 2.20. The first-order valence-electron chi connectivity index (χ1n) is 9.23. The van der Waals surface area contributed by atoms with E-state index >= 15 is 0 Å². The third-order valence-electron chi connectivity index (χ3n) is 6.24. The van der Waals surface area contributed by atoms with E-state index in [2.05, 4.69) is 102 Å². The molecular formula is C20H36Si4-2. The zero-order valence-corrected chi connectivity index (χ0v) is 21.5. The van der Waals surface area contributed by atoms with Crippen molar-refractivity contribution in [1.29, 1.82) is 0 Å². The van der Waals surface area contributed by atoms with Crippen LogP contribution in [0.5, 0.6) is 0 Å². The van der Waals surface area contributed by atoms with Crippen molar-refractivity contribution < 1.29 is 0 Å². The molecule has 0 aliphatic heterocycles. The summed E-state index contributed by atoms with van der Waals surface area (Å²) in [7, 11) is -5.36. The van der Waals surface area contributed by atoms with Gasteiger partial charge in [-0.1, -0.05) is 65.5 Å². The lowest BCUT2D eigenvalue weighted by molar-refractivity contribution is 1.75. The van der Waals surface area contributed by atoms with Gasteiger partial charge in [-0.05, 0) is 0 Å². The van der Waals surface area contributed by atoms with Gasteiger partial charge in [0.2, 0.25) is 0 Å². The second kappa shape index (κ2) is 6.08. The monoisotopic (exact) mass is 388 g/mol. The maximum Gasteiger partial charge on any atom is 0.0378 e. The molecule has 0 aromatic heterocycles. The van der Waals surface area contributed by atoms with Crippen molar-refractivity contribution in [2.75, 3.05) is 0 Å². The normalized spacial score (nSPS) is 14.2. The molecule has 0 aliphatic rings. The van der Waals surface area contributed by atoms with Gasteiger partial charge in [-0.15, -0.1) is 0 Å². The first kappa shape index (κ1) is 19.9. The largest absolute Gasteiger partial charge is 0.213 e. The fourth-order valence-corrected chi connectivity index (χ4v) is 14.7. The van der Waals surface area contributed by atoms with Crippen molar-refractivity contribution in [1.82, 2.24) is 0 Å². The van der Waals surface area contributed by atoms with Gasteiger partial charge >= 0.3 is 0 Å². The molecule has 0 spiro atoms. The third-order valence-corrected chi connectivity index (χ3v) is 28.1. The van der Waals surface area contributed by atoms with E-state index in [0.29, 0.717) is 0 Å². The van der Waals surface area contributed by atoms with Crippen LogP contribution < -0.4 is 20.7 Å². The fourth-order valence-electron chi connectivity index (χ4n) is 3.32. The first-order valence-corrected chi connectivity index (χ1v) is 23.2. The Bertz CT molecular complexity index is 640. The average Bonchev–Trinajstić information content (AvgIpc) is 3.07. The lowest BCUT2D eigenvalue weighted by Crippen LogP contribution is -2.69. The molecule has 2 aromatic carbocycles. The van der Waals surface area contributed by atoms with Gasteiger partial charge in [-0.2, -0.15) is 34.6 Å². The van der Waals surface area contributed by atoms with E-state index in [9.17, 15) is 0 Å². The van der Waals surface area contributed by atoms with Crippen LogP contribution in [0.3, 0.4) is 0 Å². The van der Waals surface area contributed by atoms with Gasteiger partial charge in [-0.25, -0.2) is 22.5 Å². The van der Waals surface area contributed by atoms with Crippen LogP contribution in [-0.2, 0) is 0 Å². The summed E-state index contributed by atoms with van der Waals surface area (Å²) in [6.45, 7) is 25.2. The predicted octanol–water partition coefficient (Wildman–Crippen LogP) is 3.82. The molecule has 0 aliphatic carbocycles. The summed E-state index contributed by atoms with van der Waals surface area (Å²) in [5.41, 5.74) is 0. The van der Waals surface area contributed by atoms with Gasteiger partial charge in [-0.3, -0.25) is 0 Å². The van der Waals surface area contributed by atoms with E-state index in [-0.39, 0.29) is 0 Å². The molecule has 0 saturated carbocycles. The Kier molecular flexibility index (Phi) is 5.03. The molecule has 0 heterocycles. The molecule has 2 aromatic rings. The highest BCUT2D eigenvalue weighted by atomic mass is 29.3. The van der Waals surface area contributed by atoms with Crippen LogP contribution in [0, 0.1) is 0 Å². The number of hydrogen-bond acceptors (Lipinski definition) is 0. The summed E-state index contributed by atoms with van der Waals surface area (Å²) in [4.78, 5) is 0. The quantitative estimate of drug-likeness (QED) is 0.539. The standard InChI is InChI=1S/C20H36Si4/c1-21(2,3)17-11-13-19(15-17)23(7,8)24(9,10)20-14-12-18(16-20)22(4,5)6/h11-16H,1-10H3/q-2. The van der Waals surface area contributed by atoms with Gasteiger partial charge in [0.1, 0.15) is 0 Å². The summed E-state index contributed by atoms with van der Waals surface area (Å²) >= 11 is 0. The van der Waals surface area contributed by atoms with Crippen LogP contribution in [0.1, 0.15) is 0 Å². The van der Waals surface area contributed by atoms with Crippen LogP contribution in [0.2, 0.25) is 65.5 Å². The van der Waals surface area contributed by atoms with Crippen LogP contribution in [0.15, 0.2) is 36.4 Å². The summed E-state index contributed by atoms with van der Waals surface area (Å²) in [6.07, 6.45) is 0. The maximum absolute atomic E-state index is 2.61. The first-order chi connectivity index (χ1) is 10.7. The summed E-state index contributed by atoms with van der Waals surface area (Å²) in [6, 6.07) is 15.0. The van der Waals surface area contributed by atoms with E-state index in [1.54, 1.807) is 20.7 Å². The van der Waals surface area contributed by atoms with Crippen molar-refractivity contribution in [2.24, 2.45) is 0 Å². The van der Waals surface area contributed by atoms with E-state index in [0.717, 1.165) is 0 Å². The SMILES string of the molecule is C[Si](C)(C)c1c[cH-]c([Si](C)(C)[Si](C)(C)c2cc[c-]([Si](C)(C)C)c2)c1. The maximum atomic E-state index is 2.61. The average molecular weight is 389 g/mol. The minimum Gasteiger partial charge on any atom is -0.213 e. The van der Waals surface area contributed by atoms with Crippen molar-refractivity contribution in [3.05, 3.63) is 36.4 Å². The van der Waals surface area contributed by atoms with Gasteiger partial charge in [0.25, 0.3) is 0 Å². The molecule has 2 rings (SSSR count). The van der Waals surface area contributed by atoms with E-state index in [1.165, 1.54) is 0 Å². The molecule has 0 nitrogen and oxygen atoms in total. The molecule has 0 fully saturated rings. The molecule has 0 atom stereocenters. The Morgan fingerprint density at radius 1 is 0.792 bits per heavy atom. The Morgan fingerprint density at radius 3 is 1.79 bits per heavy atom. The zero-order valence-electron chi connectivity index (χ0n) is 17.5. The second-order valence-electron chi connectivity index (χ2n) is 10.5. The minimum atomic E-state index is -1.48. The Morgan fingerprint density at radius 2 is 1.38 bits per heavy atom. The van der Waals surface area contributed by atoms with Crippen molar-refractivity contribution in [2.45, 2.75) is 65.5 Å². The summed E-state index contributed by atoms with van der Waals surface area (Å²) < 4.78 is 0. The third kappa shape index (κ3) is 3.57. The van der Waals surface area contributed by atoms with Crippen LogP contribution in [0.25, 0.3) is 0 Å². The van der Waals surface area contributed by atoms with Gasteiger partial charge in [0.05, 0.1) is 0 Å². The molecule has 24 heavy (non-hydrogen) atoms. The summed E-state index contributed by atoms with van der Waals surface area (Å²) in [5, 5.41) is 6.64. The van der Waals surface area contributed by atoms with Crippen LogP contribution in [-0.4, -0.2) is 31.3 Å². The molecule has 0 amide bonds. The van der Waals surface area contributed by atoms with E-state index < -0.39 is 31.3 Å². The Hall–Kier alpha value is -0.432. The molecule has 0 unspecified atom stereocenters. The van der Waals surface area contributed by atoms with E-state index in [1.807, 2.05) is 0 Å². The van der Waals surface area contributed by atoms with Crippen molar-refractivity contribution >= 4 is 52.1 Å². The minimum absolute atomic E-state index is 1.21. The predicted molar refractivity (Wildman–Crippen MR) is 124 cm³/mol. The Balaban J connectivity index is 2.43. The molecule has 0 saturated heterocycles. The van der Waals surface area contributed by atoms with Crippen molar-refractivity contribution in [3.63, 3.8) is 0 Å². The Labute approximate surface area is 153 Å². The molecule has 0 radical (unpaired) electrons.